The van der Waals surface area contributed by atoms with Crippen molar-refractivity contribution in [3.05, 3.63) is 95.3 Å². The van der Waals surface area contributed by atoms with Gasteiger partial charge in [0.1, 0.15) is 18.1 Å². The maximum atomic E-state index is 12.7. The molecule has 9 nitrogen and oxygen atoms in total. The van der Waals surface area contributed by atoms with Crippen LogP contribution in [0.3, 0.4) is 0 Å². The Morgan fingerprint density at radius 2 is 1.72 bits per heavy atom. The van der Waals surface area contributed by atoms with Gasteiger partial charge in [0.05, 0.1) is 28.3 Å². The molecule has 0 aliphatic carbocycles. The van der Waals surface area contributed by atoms with Crippen molar-refractivity contribution in [3.63, 3.8) is 0 Å². The molecule has 0 aliphatic heterocycles. The van der Waals surface area contributed by atoms with Crippen molar-refractivity contribution < 1.29 is 14.1 Å². The number of hydrogen-bond acceptors (Lipinski definition) is 6. The Morgan fingerprint density at radius 1 is 0.972 bits per heavy atom. The number of nitrogens with one attached hydrogen (secondary N) is 1. The second kappa shape index (κ2) is 9.53. The third-order valence-corrected chi connectivity index (χ3v) is 5.95. The molecule has 9 heteroatoms. The lowest BCUT2D eigenvalue weighted by molar-refractivity contribution is 0.102. The molecule has 0 fully saturated rings. The van der Waals surface area contributed by atoms with E-state index in [1.165, 1.54) is 0 Å². The lowest BCUT2D eigenvalue weighted by Gasteiger charge is -2.09. The van der Waals surface area contributed by atoms with Gasteiger partial charge in [-0.05, 0) is 75.4 Å². The van der Waals surface area contributed by atoms with E-state index in [4.69, 9.17) is 9.26 Å². The minimum atomic E-state index is -0.201. The summed E-state index contributed by atoms with van der Waals surface area (Å²) in [6.07, 6.45) is 3.86. The van der Waals surface area contributed by atoms with Crippen LogP contribution >= 0.6 is 0 Å². The van der Waals surface area contributed by atoms with Gasteiger partial charge in [0.2, 0.25) is 0 Å². The Morgan fingerprint density at radius 3 is 2.36 bits per heavy atom. The summed E-state index contributed by atoms with van der Waals surface area (Å²) >= 11 is 0. The zero-order valence-electron chi connectivity index (χ0n) is 20.5. The summed E-state index contributed by atoms with van der Waals surface area (Å²) in [4.78, 5) is 12.7. The van der Waals surface area contributed by atoms with E-state index in [0.717, 1.165) is 39.7 Å². The highest BCUT2D eigenvalue weighted by Gasteiger charge is 2.12. The van der Waals surface area contributed by atoms with Crippen LogP contribution in [0, 0.1) is 20.8 Å². The number of aryl methyl sites for hydroxylation is 4. The molecule has 182 valence electrons. The van der Waals surface area contributed by atoms with E-state index in [0.29, 0.717) is 23.6 Å². The maximum absolute atomic E-state index is 12.7. The molecule has 3 aromatic heterocycles. The SMILES string of the molecule is Cc1nn(C)cc1-c1ccn(-c2ccc(NC(=O)c3ccc(OCc4c(C)noc4C)cc3)cc2)n1. The highest BCUT2D eigenvalue weighted by molar-refractivity contribution is 6.04. The fourth-order valence-corrected chi connectivity index (χ4v) is 3.93. The zero-order valence-corrected chi connectivity index (χ0v) is 20.5. The molecule has 0 aliphatic rings. The molecule has 0 spiro atoms. The third-order valence-electron chi connectivity index (χ3n) is 5.95. The van der Waals surface area contributed by atoms with E-state index in [1.807, 2.05) is 70.5 Å². The van der Waals surface area contributed by atoms with E-state index in [9.17, 15) is 4.79 Å². The van der Waals surface area contributed by atoms with E-state index in [2.05, 4.69) is 20.7 Å². The molecule has 0 unspecified atom stereocenters. The fraction of sp³-hybridized carbons (Fsp3) is 0.185. The van der Waals surface area contributed by atoms with Crippen LogP contribution < -0.4 is 10.1 Å². The highest BCUT2D eigenvalue weighted by Crippen LogP contribution is 2.22. The molecule has 2 aromatic carbocycles. The number of ether oxygens (including phenoxy) is 1. The van der Waals surface area contributed by atoms with E-state index in [-0.39, 0.29) is 5.91 Å². The maximum Gasteiger partial charge on any atom is 0.255 e. The van der Waals surface area contributed by atoms with Gasteiger partial charge >= 0.3 is 0 Å². The molecule has 0 saturated heterocycles. The zero-order chi connectivity index (χ0) is 25.2. The monoisotopic (exact) mass is 482 g/mol. The second-order valence-corrected chi connectivity index (χ2v) is 8.56. The summed E-state index contributed by atoms with van der Waals surface area (Å²) in [7, 11) is 1.89. The van der Waals surface area contributed by atoms with Crippen LogP contribution in [0.4, 0.5) is 5.69 Å². The Kier molecular flexibility index (Phi) is 6.12. The van der Waals surface area contributed by atoms with Crippen molar-refractivity contribution >= 4 is 11.6 Å². The van der Waals surface area contributed by atoms with Crippen LogP contribution in [0.5, 0.6) is 5.75 Å². The Bertz CT molecular complexity index is 1490. The Balaban J connectivity index is 1.20. The first-order valence-corrected chi connectivity index (χ1v) is 11.5. The molecule has 3 heterocycles. The number of aromatic nitrogens is 5. The van der Waals surface area contributed by atoms with Gasteiger partial charge in [-0.3, -0.25) is 9.48 Å². The predicted molar refractivity (Wildman–Crippen MR) is 135 cm³/mol. The van der Waals surface area contributed by atoms with Crippen LogP contribution in [-0.4, -0.2) is 30.6 Å². The van der Waals surface area contributed by atoms with Crippen LogP contribution in [0.25, 0.3) is 16.9 Å². The molecule has 0 radical (unpaired) electrons. The molecule has 1 amide bonds. The lowest BCUT2D eigenvalue weighted by atomic mass is 10.2. The minimum Gasteiger partial charge on any atom is -0.489 e. The minimum absolute atomic E-state index is 0.201. The van der Waals surface area contributed by atoms with Crippen molar-refractivity contribution in [1.82, 2.24) is 24.7 Å². The first-order valence-electron chi connectivity index (χ1n) is 11.5. The standard InChI is InChI=1S/C27H26N6O3/c1-17-24(15-32(4)29-17)26-13-14-33(30-26)22-9-7-21(8-10-22)28-27(34)20-5-11-23(12-6-20)35-16-25-18(2)31-36-19(25)3/h5-15H,16H2,1-4H3,(H,28,34). The quantitative estimate of drug-likeness (QED) is 0.350. The van der Waals surface area contributed by atoms with Crippen molar-refractivity contribution in [2.24, 2.45) is 7.05 Å². The van der Waals surface area contributed by atoms with Gasteiger partial charge in [0.25, 0.3) is 5.91 Å². The summed E-state index contributed by atoms with van der Waals surface area (Å²) in [5.41, 5.74) is 6.65. The molecule has 36 heavy (non-hydrogen) atoms. The van der Waals surface area contributed by atoms with Crippen LogP contribution in [0.2, 0.25) is 0 Å². The highest BCUT2D eigenvalue weighted by atomic mass is 16.5. The topological polar surface area (TPSA) is 100 Å². The molecular weight excluding hydrogens is 456 g/mol. The number of hydrogen-bond donors (Lipinski definition) is 1. The van der Waals surface area contributed by atoms with Gasteiger partial charge in [-0.15, -0.1) is 0 Å². The molecule has 1 N–H and O–H groups in total. The summed E-state index contributed by atoms with van der Waals surface area (Å²) in [5, 5.41) is 15.9. The number of carbonyl (C=O) groups is 1. The van der Waals surface area contributed by atoms with Crippen molar-refractivity contribution in [1.29, 1.82) is 0 Å². The molecular formula is C27H26N6O3. The van der Waals surface area contributed by atoms with Gasteiger partial charge in [0, 0.05) is 36.3 Å². The van der Waals surface area contributed by atoms with Crippen molar-refractivity contribution in [2.45, 2.75) is 27.4 Å². The number of benzene rings is 2. The molecule has 5 aromatic rings. The number of nitrogens with zero attached hydrogens (tertiary/aromatic N) is 5. The third kappa shape index (κ3) is 4.76. The normalized spacial score (nSPS) is 11.0. The predicted octanol–water partition coefficient (Wildman–Crippen LogP) is 5.02. The van der Waals surface area contributed by atoms with Crippen LogP contribution in [-0.2, 0) is 13.7 Å². The van der Waals surface area contributed by atoms with Crippen molar-refractivity contribution in [3.8, 4) is 22.7 Å². The van der Waals surface area contributed by atoms with Gasteiger partial charge < -0.3 is 14.6 Å². The first-order chi connectivity index (χ1) is 17.4. The largest absolute Gasteiger partial charge is 0.489 e. The number of anilines is 1. The number of rotatable bonds is 7. The van der Waals surface area contributed by atoms with Crippen LogP contribution in [0.15, 0.2) is 71.5 Å². The van der Waals surface area contributed by atoms with Gasteiger partial charge in [-0.2, -0.15) is 10.2 Å². The smallest absolute Gasteiger partial charge is 0.255 e. The molecule has 5 rings (SSSR count). The average molecular weight is 483 g/mol. The lowest BCUT2D eigenvalue weighted by Crippen LogP contribution is -2.11. The van der Waals surface area contributed by atoms with Gasteiger partial charge in [-0.25, -0.2) is 4.68 Å². The van der Waals surface area contributed by atoms with Crippen LogP contribution in [0.1, 0.15) is 33.1 Å². The summed E-state index contributed by atoms with van der Waals surface area (Å²) in [5.74, 6) is 1.20. The van der Waals surface area contributed by atoms with E-state index < -0.39 is 0 Å². The van der Waals surface area contributed by atoms with Gasteiger partial charge in [0.15, 0.2) is 0 Å². The summed E-state index contributed by atoms with van der Waals surface area (Å²) < 4.78 is 14.6. The molecule has 0 atom stereocenters. The van der Waals surface area contributed by atoms with Crippen molar-refractivity contribution in [2.75, 3.05) is 5.32 Å². The Hall–Kier alpha value is -4.66. The second-order valence-electron chi connectivity index (χ2n) is 8.56. The molecule has 0 saturated carbocycles. The summed E-state index contributed by atoms with van der Waals surface area (Å²) in [6, 6.07) is 16.5. The summed E-state index contributed by atoms with van der Waals surface area (Å²) in [6.45, 7) is 6.06. The fourth-order valence-electron chi connectivity index (χ4n) is 3.93. The number of amides is 1. The van der Waals surface area contributed by atoms with E-state index >= 15 is 0 Å². The Labute approximate surface area is 208 Å². The molecule has 0 bridgehead atoms. The number of carbonyl (C=O) groups excluding carboxylic acids is 1. The average Bonchev–Trinajstić information content (AvgIpc) is 3.57. The van der Waals surface area contributed by atoms with Gasteiger partial charge in [-0.1, -0.05) is 5.16 Å². The van der Waals surface area contributed by atoms with E-state index in [1.54, 1.807) is 33.6 Å². The first kappa shape index (κ1) is 23.1.